The second kappa shape index (κ2) is 5.36. The van der Waals surface area contributed by atoms with Crippen molar-refractivity contribution in [2.45, 2.75) is 20.0 Å². The standard InChI is InChI=1S/C15H14F2O2/c1-9-7-12(4-5-14(9)17)19-15-6-3-11(16)8-13(15)10(2)18/h3-8,10,18H,1-2H3/t10-/m1/s1. The summed E-state index contributed by atoms with van der Waals surface area (Å²) < 4.78 is 31.9. The normalized spacial score (nSPS) is 12.3. The molecule has 2 aromatic rings. The predicted molar refractivity (Wildman–Crippen MR) is 68.2 cm³/mol. The van der Waals surface area contributed by atoms with Crippen molar-refractivity contribution in [2.24, 2.45) is 0 Å². The molecule has 0 aliphatic heterocycles. The Morgan fingerprint density at radius 2 is 1.84 bits per heavy atom. The molecule has 19 heavy (non-hydrogen) atoms. The minimum atomic E-state index is -0.854. The van der Waals surface area contributed by atoms with E-state index in [0.717, 1.165) is 0 Å². The van der Waals surface area contributed by atoms with E-state index in [-0.39, 0.29) is 5.82 Å². The molecule has 0 saturated carbocycles. The molecule has 0 bridgehead atoms. The van der Waals surface area contributed by atoms with Crippen LogP contribution in [0.5, 0.6) is 11.5 Å². The number of hydrogen-bond acceptors (Lipinski definition) is 2. The van der Waals surface area contributed by atoms with Gasteiger partial charge in [-0.15, -0.1) is 0 Å². The fraction of sp³-hybridized carbons (Fsp3) is 0.200. The lowest BCUT2D eigenvalue weighted by Crippen LogP contribution is -1.97. The quantitative estimate of drug-likeness (QED) is 0.903. The third-order valence-corrected chi connectivity index (χ3v) is 2.78. The Hall–Kier alpha value is -1.94. The third kappa shape index (κ3) is 3.09. The second-order valence-corrected chi connectivity index (χ2v) is 4.37. The Balaban J connectivity index is 2.35. The molecule has 1 atom stereocenters. The van der Waals surface area contributed by atoms with Crippen molar-refractivity contribution >= 4 is 0 Å². The van der Waals surface area contributed by atoms with Crippen LogP contribution in [0.2, 0.25) is 0 Å². The first-order chi connectivity index (χ1) is 8.97. The van der Waals surface area contributed by atoms with E-state index in [1.54, 1.807) is 13.0 Å². The number of halogens is 2. The van der Waals surface area contributed by atoms with E-state index in [1.807, 2.05) is 0 Å². The summed E-state index contributed by atoms with van der Waals surface area (Å²) >= 11 is 0. The van der Waals surface area contributed by atoms with Gasteiger partial charge in [0.15, 0.2) is 0 Å². The van der Waals surface area contributed by atoms with E-state index in [4.69, 9.17) is 4.74 Å². The zero-order valence-electron chi connectivity index (χ0n) is 10.7. The maximum atomic E-state index is 13.2. The molecule has 0 aliphatic carbocycles. The summed E-state index contributed by atoms with van der Waals surface area (Å²) in [5.74, 6) is 0.0237. The van der Waals surface area contributed by atoms with Gasteiger partial charge in [-0.25, -0.2) is 8.78 Å². The Labute approximate surface area is 110 Å². The first-order valence-corrected chi connectivity index (χ1v) is 5.89. The lowest BCUT2D eigenvalue weighted by Gasteiger charge is -2.13. The number of aliphatic hydroxyl groups excluding tert-OH is 1. The van der Waals surface area contributed by atoms with Crippen LogP contribution >= 0.6 is 0 Å². The summed E-state index contributed by atoms with van der Waals surface area (Å²) in [6, 6.07) is 8.24. The highest BCUT2D eigenvalue weighted by atomic mass is 19.1. The van der Waals surface area contributed by atoms with Crippen LogP contribution in [0, 0.1) is 18.6 Å². The van der Waals surface area contributed by atoms with E-state index < -0.39 is 11.9 Å². The Kier molecular flexibility index (Phi) is 3.81. The molecule has 100 valence electrons. The van der Waals surface area contributed by atoms with Crippen molar-refractivity contribution in [2.75, 3.05) is 0 Å². The number of hydrogen-bond donors (Lipinski definition) is 1. The lowest BCUT2D eigenvalue weighted by atomic mass is 10.1. The summed E-state index contributed by atoms with van der Waals surface area (Å²) in [5.41, 5.74) is 0.806. The van der Waals surface area contributed by atoms with E-state index in [2.05, 4.69) is 0 Å². The molecule has 2 aromatic carbocycles. The van der Waals surface area contributed by atoms with Crippen LogP contribution in [0.3, 0.4) is 0 Å². The number of aryl methyl sites for hydroxylation is 1. The van der Waals surface area contributed by atoms with Crippen molar-refractivity contribution in [3.05, 3.63) is 59.2 Å². The first-order valence-electron chi connectivity index (χ1n) is 5.89. The maximum absolute atomic E-state index is 13.2. The number of aliphatic hydroxyl groups is 1. The van der Waals surface area contributed by atoms with Crippen molar-refractivity contribution in [1.82, 2.24) is 0 Å². The van der Waals surface area contributed by atoms with Gasteiger partial charge >= 0.3 is 0 Å². The monoisotopic (exact) mass is 264 g/mol. The molecular weight excluding hydrogens is 250 g/mol. The van der Waals surface area contributed by atoms with Gasteiger partial charge in [0.05, 0.1) is 6.10 Å². The third-order valence-electron chi connectivity index (χ3n) is 2.78. The largest absolute Gasteiger partial charge is 0.457 e. The van der Waals surface area contributed by atoms with E-state index in [1.165, 1.54) is 37.3 Å². The van der Waals surface area contributed by atoms with Crippen molar-refractivity contribution < 1.29 is 18.6 Å². The van der Waals surface area contributed by atoms with Crippen LogP contribution in [-0.2, 0) is 0 Å². The molecule has 0 aliphatic rings. The zero-order valence-corrected chi connectivity index (χ0v) is 10.7. The van der Waals surface area contributed by atoms with Gasteiger partial charge in [-0.1, -0.05) is 0 Å². The van der Waals surface area contributed by atoms with E-state index in [0.29, 0.717) is 22.6 Å². The van der Waals surface area contributed by atoms with Gasteiger partial charge in [-0.2, -0.15) is 0 Å². The highest BCUT2D eigenvalue weighted by Gasteiger charge is 2.12. The van der Waals surface area contributed by atoms with Crippen molar-refractivity contribution in [1.29, 1.82) is 0 Å². The van der Waals surface area contributed by atoms with E-state index >= 15 is 0 Å². The van der Waals surface area contributed by atoms with Gasteiger partial charge in [0.2, 0.25) is 0 Å². The fourth-order valence-corrected chi connectivity index (χ4v) is 1.75. The molecule has 2 nitrogen and oxygen atoms in total. The van der Waals surface area contributed by atoms with Crippen LogP contribution < -0.4 is 4.74 Å². The maximum Gasteiger partial charge on any atom is 0.133 e. The first kappa shape index (κ1) is 13.5. The molecule has 2 rings (SSSR count). The highest BCUT2D eigenvalue weighted by molar-refractivity contribution is 5.40. The molecule has 0 spiro atoms. The Morgan fingerprint density at radius 1 is 1.11 bits per heavy atom. The number of benzene rings is 2. The van der Waals surface area contributed by atoms with Gasteiger partial charge < -0.3 is 9.84 Å². The summed E-state index contributed by atoms with van der Waals surface area (Å²) in [6.07, 6.45) is -0.854. The molecule has 0 radical (unpaired) electrons. The van der Waals surface area contributed by atoms with Gasteiger partial charge in [0.25, 0.3) is 0 Å². The molecule has 0 saturated heterocycles. The summed E-state index contributed by atoms with van der Waals surface area (Å²) in [6.45, 7) is 3.15. The van der Waals surface area contributed by atoms with Crippen LogP contribution in [0.15, 0.2) is 36.4 Å². The molecule has 4 heteroatoms. The van der Waals surface area contributed by atoms with Gasteiger partial charge in [-0.3, -0.25) is 0 Å². The highest BCUT2D eigenvalue weighted by Crippen LogP contribution is 2.30. The zero-order chi connectivity index (χ0) is 14.0. The summed E-state index contributed by atoms with van der Waals surface area (Å²) in [5, 5.41) is 9.60. The predicted octanol–water partition coefficient (Wildman–Crippen LogP) is 4.12. The van der Waals surface area contributed by atoms with Crippen LogP contribution in [0.4, 0.5) is 8.78 Å². The minimum Gasteiger partial charge on any atom is -0.457 e. The summed E-state index contributed by atoms with van der Waals surface area (Å²) in [4.78, 5) is 0. The van der Waals surface area contributed by atoms with E-state index in [9.17, 15) is 13.9 Å². The Morgan fingerprint density at radius 3 is 2.47 bits per heavy atom. The molecular formula is C15H14F2O2. The van der Waals surface area contributed by atoms with Crippen LogP contribution in [0.1, 0.15) is 24.2 Å². The summed E-state index contributed by atoms with van der Waals surface area (Å²) in [7, 11) is 0. The average Bonchev–Trinajstić information content (AvgIpc) is 2.36. The fourth-order valence-electron chi connectivity index (χ4n) is 1.75. The smallest absolute Gasteiger partial charge is 0.133 e. The molecule has 0 heterocycles. The van der Waals surface area contributed by atoms with Gasteiger partial charge in [-0.05, 0) is 55.8 Å². The number of rotatable bonds is 3. The Bertz CT molecular complexity index is 595. The topological polar surface area (TPSA) is 29.5 Å². The molecule has 0 amide bonds. The van der Waals surface area contributed by atoms with Crippen LogP contribution in [-0.4, -0.2) is 5.11 Å². The van der Waals surface area contributed by atoms with Gasteiger partial charge in [0.1, 0.15) is 23.1 Å². The minimum absolute atomic E-state index is 0.317. The molecule has 0 fully saturated rings. The average molecular weight is 264 g/mol. The second-order valence-electron chi connectivity index (χ2n) is 4.37. The number of ether oxygens (including phenoxy) is 1. The van der Waals surface area contributed by atoms with Crippen LogP contribution in [0.25, 0.3) is 0 Å². The molecule has 1 N–H and O–H groups in total. The van der Waals surface area contributed by atoms with Crippen molar-refractivity contribution in [3.8, 4) is 11.5 Å². The van der Waals surface area contributed by atoms with Crippen molar-refractivity contribution in [3.63, 3.8) is 0 Å². The SMILES string of the molecule is Cc1cc(Oc2ccc(F)cc2[C@@H](C)O)ccc1F. The lowest BCUT2D eigenvalue weighted by molar-refractivity contribution is 0.195. The molecule has 0 aromatic heterocycles. The molecule has 0 unspecified atom stereocenters. The van der Waals surface area contributed by atoms with Gasteiger partial charge in [0, 0.05) is 5.56 Å².